The highest BCUT2D eigenvalue weighted by Crippen LogP contribution is 2.48. The predicted octanol–water partition coefficient (Wildman–Crippen LogP) is 7.17. The van der Waals surface area contributed by atoms with E-state index in [9.17, 15) is 10.1 Å². The molecule has 4 aromatic rings. The number of rotatable bonds is 7. The van der Waals surface area contributed by atoms with Crippen LogP contribution in [0.4, 0.5) is 5.69 Å². The molecule has 0 heterocycles. The summed E-state index contributed by atoms with van der Waals surface area (Å²) in [6, 6.07) is 27.5. The first kappa shape index (κ1) is 21.4. The van der Waals surface area contributed by atoms with Gasteiger partial charge in [0.15, 0.2) is 0 Å². The first-order chi connectivity index (χ1) is 15.6. The van der Waals surface area contributed by atoms with E-state index < -0.39 is 4.92 Å². The lowest BCUT2D eigenvalue weighted by Gasteiger charge is -2.19. The standard InChI is InChI=1S/C26H20ClNO4/c1-31-20-15-21(19-11-6-3-7-12-19)25(26-22(27)13-8-14-23(26)28(29)30)24(16-20)32-17-18-9-4-2-5-10-18/h2-16H,17H2,1H3. The summed E-state index contributed by atoms with van der Waals surface area (Å²) in [6.45, 7) is 0.285. The molecule has 0 saturated heterocycles. The van der Waals surface area contributed by atoms with Crippen LogP contribution in [0.1, 0.15) is 5.56 Å². The Labute approximate surface area is 191 Å². The molecule has 5 nitrogen and oxygen atoms in total. The van der Waals surface area contributed by atoms with Gasteiger partial charge in [0.25, 0.3) is 5.69 Å². The average Bonchev–Trinajstić information content (AvgIpc) is 2.83. The zero-order valence-electron chi connectivity index (χ0n) is 17.3. The number of ether oxygens (including phenoxy) is 2. The second-order valence-electron chi connectivity index (χ2n) is 7.08. The Morgan fingerprint density at radius 2 is 1.56 bits per heavy atom. The van der Waals surface area contributed by atoms with Gasteiger partial charge in [-0.3, -0.25) is 10.1 Å². The molecule has 0 atom stereocenters. The van der Waals surface area contributed by atoms with Crippen LogP contribution in [0.25, 0.3) is 22.3 Å². The van der Waals surface area contributed by atoms with E-state index in [0.29, 0.717) is 22.6 Å². The molecule has 160 valence electrons. The zero-order valence-corrected chi connectivity index (χ0v) is 18.1. The van der Waals surface area contributed by atoms with Gasteiger partial charge in [0, 0.05) is 17.7 Å². The molecule has 32 heavy (non-hydrogen) atoms. The van der Waals surface area contributed by atoms with Crippen molar-refractivity contribution in [3.8, 4) is 33.8 Å². The van der Waals surface area contributed by atoms with Crippen molar-refractivity contribution in [3.63, 3.8) is 0 Å². The normalized spacial score (nSPS) is 10.6. The molecule has 0 aliphatic carbocycles. The van der Waals surface area contributed by atoms with Gasteiger partial charge in [0.1, 0.15) is 18.1 Å². The Morgan fingerprint density at radius 1 is 0.875 bits per heavy atom. The van der Waals surface area contributed by atoms with Crippen molar-refractivity contribution < 1.29 is 14.4 Å². The van der Waals surface area contributed by atoms with Gasteiger partial charge in [0.2, 0.25) is 0 Å². The second kappa shape index (κ2) is 9.54. The second-order valence-corrected chi connectivity index (χ2v) is 7.49. The highest BCUT2D eigenvalue weighted by molar-refractivity contribution is 6.34. The fraction of sp³-hybridized carbons (Fsp3) is 0.0769. The van der Waals surface area contributed by atoms with Crippen LogP contribution >= 0.6 is 11.6 Å². The third-order valence-corrected chi connectivity index (χ3v) is 5.39. The summed E-state index contributed by atoms with van der Waals surface area (Å²) < 4.78 is 11.7. The predicted molar refractivity (Wildman–Crippen MR) is 126 cm³/mol. The Kier molecular flexibility index (Phi) is 6.38. The number of benzene rings is 4. The molecule has 0 amide bonds. The summed E-state index contributed by atoms with van der Waals surface area (Å²) >= 11 is 6.54. The molecule has 6 heteroatoms. The van der Waals surface area contributed by atoms with Crippen molar-refractivity contribution >= 4 is 17.3 Å². The topological polar surface area (TPSA) is 61.6 Å². The lowest BCUT2D eigenvalue weighted by Crippen LogP contribution is -2.01. The summed E-state index contributed by atoms with van der Waals surface area (Å²) in [4.78, 5) is 11.5. The molecule has 0 radical (unpaired) electrons. The first-order valence-corrected chi connectivity index (χ1v) is 10.3. The molecule has 0 saturated carbocycles. The van der Waals surface area contributed by atoms with Gasteiger partial charge in [-0.2, -0.15) is 0 Å². The first-order valence-electron chi connectivity index (χ1n) is 9.96. The van der Waals surface area contributed by atoms with Crippen LogP contribution in [0, 0.1) is 10.1 Å². The average molecular weight is 446 g/mol. The maximum Gasteiger partial charge on any atom is 0.278 e. The van der Waals surface area contributed by atoms with E-state index in [0.717, 1.165) is 16.7 Å². The van der Waals surface area contributed by atoms with Crippen LogP contribution in [0.3, 0.4) is 0 Å². The minimum Gasteiger partial charge on any atom is -0.497 e. The molecular formula is C26H20ClNO4. The third kappa shape index (κ3) is 4.43. The van der Waals surface area contributed by atoms with Crippen molar-refractivity contribution in [1.82, 2.24) is 0 Å². The molecule has 4 rings (SSSR count). The van der Waals surface area contributed by atoms with Gasteiger partial charge in [-0.15, -0.1) is 0 Å². The summed E-state index contributed by atoms with van der Waals surface area (Å²) in [6.07, 6.45) is 0. The Balaban J connectivity index is 1.98. The van der Waals surface area contributed by atoms with Crippen LogP contribution in [-0.2, 0) is 6.61 Å². The molecule has 0 aromatic heterocycles. The summed E-state index contributed by atoms with van der Waals surface area (Å²) in [5.74, 6) is 1.02. The van der Waals surface area contributed by atoms with Crippen LogP contribution in [0.2, 0.25) is 5.02 Å². The summed E-state index contributed by atoms with van der Waals surface area (Å²) in [7, 11) is 1.57. The number of methoxy groups -OCH3 is 1. The van der Waals surface area contributed by atoms with Crippen LogP contribution in [-0.4, -0.2) is 12.0 Å². The van der Waals surface area contributed by atoms with Crippen molar-refractivity contribution in [2.75, 3.05) is 7.11 Å². The Hall–Kier alpha value is -3.83. The maximum atomic E-state index is 11.9. The van der Waals surface area contributed by atoms with Gasteiger partial charge in [-0.05, 0) is 28.8 Å². The molecule has 4 aromatic carbocycles. The fourth-order valence-corrected chi connectivity index (χ4v) is 3.84. The van der Waals surface area contributed by atoms with E-state index in [2.05, 4.69) is 0 Å². The SMILES string of the molecule is COc1cc(OCc2ccccc2)c(-c2c(Cl)cccc2[N+](=O)[O-])c(-c2ccccc2)c1. The Bertz CT molecular complexity index is 1240. The van der Waals surface area contributed by atoms with E-state index in [-0.39, 0.29) is 17.3 Å². The highest BCUT2D eigenvalue weighted by atomic mass is 35.5. The van der Waals surface area contributed by atoms with Gasteiger partial charge in [-0.25, -0.2) is 0 Å². The van der Waals surface area contributed by atoms with E-state index in [1.807, 2.05) is 66.7 Å². The maximum absolute atomic E-state index is 11.9. The summed E-state index contributed by atoms with van der Waals surface area (Å²) in [5, 5.41) is 12.2. The van der Waals surface area contributed by atoms with Gasteiger partial charge >= 0.3 is 0 Å². The number of hydrogen-bond donors (Lipinski definition) is 0. The smallest absolute Gasteiger partial charge is 0.278 e. The van der Waals surface area contributed by atoms with Crippen LogP contribution in [0.5, 0.6) is 11.5 Å². The molecule has 0 aliphatic heterocycles. The van der Waals surface area contributed by atoms with Crippen LogP contribution in [0.15, 0.2) is 91.0 Å². The number of nitrogens with zero attached hydrogens (tertiary/aromatic N) is 1. The Morgan fingerprint density at radius 3 is 2.22 bits per heavy atom. The number of nitro benzene ring substituents is 1. The van der Waals surface area contributed by atoms with Gasteiger partial charge in [-0.1, -0.05) is 78.3 Å². The highest BCUT2D eigenvalue weighted by Gasteiger charge is 2.26. The lowest BCUT2D eigenvalue weighted by molar-refractivity contribution is -0.384. The van der Waals surface area contributed by atoms with E-state index in [4.69, 9.17) is 21.1 Å². The number of hydrogen-bond acceptors (Lipinski definition) is 4. The van der Waals surface area contributed by atoms with Crippen molar-refractivity contribution in [1.29, 1.82) is 0 Å². The molecule has 0 spiro atoms. The number of nitro groups is 1. The van der Waals surface area contributed by atoms with Gasteiger partial charge < -0.3 is 9.47 Å². The largest absolute Gasteiger partial charge is 0.497 e. The monoisotopic (exact) mass is 445 g/mol. The van der Waals surface area contributed by atoms with Crippen LogP contribution < -0.4 is 9.47 Å². The molecule has 0 N–H and O–H groups in total. The lowest BCUT2D eigenvalue weighted by atomic mass is 9.92. The van der Waals surface area contributed by atoms with E-state index >= 15 is 0 Å². The zero-order chi connectivity index (χ0) is 22.5. The van der Waals surface area contributed by atoms with Gasteiger partial charge in [0.05, 0.1) is 22.6 Å². The third-order valence-electron chi connectivity index (χ3n) is 5.07. The molecule has 0 aliphatic rings. The molecule has 0 unspecified atom stereocenters. The number of halogens is 1. The minimum atomic E-state index is -0.429. The quantitative estimate of drug-likeness (QED) is 0.223. The molecular weight excluding hydrogens is 426 g/mol. The van der Waals surface area contributed by atoms with Crippen molar-refractivity contribution in [3.05, 3.63) is 112 Å². The summed E-state index contributed by atoms with van der Waals surface area (Å²) in [5.41, 5.74) is 3.32. The van der Waals surface area contributed by atoms with Crippen molar-refractivity contribution in [2.45, 2.75) is 6.61 Å². The van der Waals surface area contributed by atoms with Crippen molar-refractivity contribution in [2.24, 2.45) is 0 Å². The fourth-order valence-electron chi connectivity index (χ4n) is 3.57. The minimum absolute atomic E-state index is 0.0931. The van der Waals surface area contributed by atoms with E-state index in [1.54, 1.807) is 25.3 Å². The molecule has 0 fully saturated rings. The van der Waals surface area contributed by atoms with E-state index in [1.165, 1.54) is 6.07 Å². The molecule has 0 bridgehead atoms.